The maximum atomic E-state index is 12.6. The predicted octanol–water partition coefficient (Wildman–Crippen LogP) is 2.87. The summed E-state index contributed by atoms with van der Waals surface area (Å²) in [6, 6.07) is 16.1. The van der Waals surface area contributed by atoms with Gasteiger partial charge in [-0.05, 0) is 23.6 Å². The topological polar surface area (TPSA) is 136 Å². The van der Waals surface area contributed by atoms with Crippen molar-refractivity contribution in [2.75, 3.05) is 6.29 Å². The third-order valence-electron chi connectivity index (χ3n) is 3.79. The monoisotopic (exact) mass is 445 g/mol. The summed E-state index contributed by atoms with van der Waals surface area (Å²) in [5.41, 5.74) is -0.211. The van der Waals surface area contributed by atoms with Crippen molar-refractivity contribution in [2.24, 2.45) is 0 Å². The Morgan fingerprint density at radius 1 is 1.03 bits per heavy atom. The van der Waals surface area contributed by atoms with Crippen LogP contribution in [0.5, 0.6) is 5.75 Å². The van der Waals surface area contributed by atoms with E-state index in [0.29, 0.717) is 10.8 Å². The Morgan fingerprint density at radius 2 is 1.66 bits per heavy atom. The van der Waals surface area contributed by atoms with E-state index in [9.17, 15) is 28.0 Å². The number of fused-ring (bicyclic) bond motifs is 1. The fourth-order valence-electron chi connectivity index (χ4n) is 2.50. The number of benzene rings is 3. The average Bonchev–Trinajstić information content (AvgIpc) is 2.66. The van der Waals surface area contributed by atoms with Crippen molar-refractivity contribution >= 4 is 63.6 Å². The first kappa shape index (κ1) is 23.5. The zero-order valence-corrected chi connectivity index (χ0v) is 19.0. The molecule has 2 N–H and O–H groups in total. The second kappa shape index (κ2) is 9.36. The minimum absolute atomic E-state index is 0. The molecule has 9 nitrogen and oxygen atoms in total. The molecule has 12 heteroatoms. The summed E-state index contributed by atoms with van der Waals surface area (Å²) in [5.74, 6) is -0.0965. The van der Waals surface area contributed by atoms with Crippen LogP contribution in [0, 0.1) is 10.1 Å². The second-order valence-corrected chi connectivity index (χ2v) is 9.27. The minimum Gasteiger partial charge on any atom is -0.424 e. The predicted molar refractivity (Wildman–Crippen MR) is 108 cm³/mol. The standard InChI is InChI=1S/C17H15N2O7PS.Na/c20-19(21)14-8-10-15(11-9-14)26-27(22,23)12-18-28(24,25)17-7-3-5-13-4-1-2-6-16(13)17;/h1-11,18H,12H2,(H,22,23);. The number of hydrogen-bond acceptors (Lipinski definition) is 6. The largest absolute Gasteiger partial charge is 0.424 e. The zero-order chi connectivity index (χ0) is 20.4. The van der Waals surface area contributed by atoms with Crippen molar-refractivity contribution in [3.63, 3.8) is 0 Å². The van der Waals surface area contributed by atoms with Gasteiger partial charge < -0.3 is 9.42 Å². The molecule has 3 aromatic rings. The summed E-state index contributed by atoms with van der Waals surface area (Å²) < 4.78 is 44.4. The van der Waals surface area contributed by atoms with Gasteiger partial charge in [0.05, 0.1) is 9.82 Å². The summed E-state index contributed by atoms with van der Waals surface area (Å²) in [7, 11) is -8.47. The molecule has 1 unspecified atom stereocenters. The quantitative estimate of drug-likeness (QED) is 0.247. The molecular formula is C17H15N2NaO7PS. The van der Waals surface area contributed by atoms with E-state index in [1.165, 1.54) is 6.07 Å². The molecular weight excluding hydrogens is 430 g/mol. The Bertz CT molecular complexity index is 1180. The van der Waals surface area contributed by atoms with Gasteiger partial charge in [-0.25, -0.2) is 13.0 Å². The van der Waals surface area contributed by atoms with Gasteiger partial charge in [-0.1, -0.05) is 36.4 Å². The van der Waals surface area contributed by atoms with Gasteiger partial charge in [0.15, 0.2) is 0 Å². The number of nitro benzene ring substituents is 1. The SMILES string of the molecule is O=[N+]([O-])c1ccc(OP(=O)(O)CNS(=O)(=O)c2cccc3ccccc23)cc1.[Na]. The Balaban J connectivity index is 0.00000300. The first-order valence-corrected chi connectivity index (χ1v) is 11.2. The summed E-state index contributed by atoms with van der Waals surface area (Å²) in [6.45, 7) is 0. The van der Waals surface area contributed by atoms with E-state index in [1.54, 1.807) is 36.4 Å². The molecule has 0 heterocycles. The molecule has 0 fully saturated rings. The van der Waals surface area contributed by atoms with E-state index < -0.39 is 28.8 Å². The van der Waals surface area contributed by atoms with Gasteiger partial charge in [-0.3, -0.25) is 10.1 Å². The molecule has 0 aliphatic rings. The van der Waals surface area contributed by atoms with Crippen LogP contribution in [0.2, 0.25) is 0 Å². The van der Waals surface area contributed by atoms with Crippen molar-refractivity contribution in [2.45, 2.75) is 4.90 Å². The molecule has 3 aromatic carbocycles. The van der Waals surface area contributed by atoms with Crippen molar-refractivity contribution < 1.29 is 27.3 Å². The number of hydrogen-bond donors (Lipinski definition) is 2. The van der Waals surface area contributed by atoms with Gasteiger partial charge in [-0.2, -0.15) is 4.72 Å². The second-order valence-electron chi connectivity index (χ2n) is 5.76. The van der Waals surface area contributed by atoms with Gasteiger partial charge >= 0.3 is 7.60 Å². The molecule has 147 valence electrons. The number of nitrogens with zero attached hydrogens (tertiary/aromatic N) is 1. The van der Waals surface area contributed by atoms with E-state index in [2.05, 4.69) is 4.72 Å². The summed E-state index contributed by atoms with van der Waals surface area (Å²) in [6.07, 6.45) is -0.866. The maximum absolute atomic E-state index is 12.6. The Morgan fingerprint density at radius 3 is 2.31 bits per heavy atom. The van der Waals surface area contributed by atoms with Crippen LogP contribution in [0.3, 0.4) is 0 Å². The molecule has 0 bridgehead atoms. The van der Waals surface area contributed by atoms with E-state index in [-0.39, 0.29) is 45.9 Å². The van der Waals surface area contributed by atoms with E-state index >= 15 is 0 Å². The smallest absolute Gasteiger partial charge is 0.391 e. The average molecular weight is 445 g/mol. The first-order valence-electron chi connectivity index (χ1n) is 7.91. The molecule has 0 amide bonds. The zero-order valence-electron chi connectivity index (χ0n) is 15.3. The number of nitro groups is 1. The fraction of sp³-hybridized carbons (Fsp3) is 0.0588. The van der Waals surface area contributed by atoms with Gasteiger partial charge in [-0.15, -0.1) is 0 Å². The molecule has 0 aromatic heterocycles. The van der Waals surface area contributed by atoms with Crippen LogP contribution in [0.15, 0.2) is 71.6 Å². The minimum atomic E-state index is -4.39. The van der Waals surface area contributed by atoms with Gasteiger partial charge in [0, 0.05) is 47.1 Å². The molecule has 0 aliphatic heterocycles. The Kier molecular flexibility index (Phi) is 7.58. The van der Waals surface area contributed by atoms with Crippen molar-refractivity contribution in [1.82, 2.24) is 4.72 Å². The fourth-order valence-corrected chi connectivity index (χ4v) is 5.24. The van der Waals surface area contributed by atoms with Crippen LogP contribution < -0.4 is 9.25 Å². The molecule has 0 spiro atoms. The number of sulfonamides is 1. The van der Waals surface area contributed by atoms with Gasteiger partial charge in [0.2, 0.25) is 10.0 Å². The third kappa shape index (κ3) is 5.86. The van der Waals surface area contributed by atoms with Crippen molar-refractivity contribution in [3.8, 4) is 5.75 Å². The summed E-state index contributed by atoms with van der Waals surface area (Å²) in [5, 5.41) is 11.8. The summed E-state index contributed by atoms with van der Waals surface area (Å²) >= 11 is 0. The molecule has 0 saturated carbocycles. The van der Waals surface area contributed by atoms with Crippen molar-refractivity contribution in [1.29, 1.82) is 0 Å². The van der Waals surface area contributed by atoms with Crippen molar-refractivity contribution in [3.05, 3.63) is 76.8 Å². The summed E-state index contributed by atoms with van der Waals surface area (Å²) in [4.78, 5) is 19.9. The van der Waals surface area contributed by atoms with Crippen LogP contribution in [0.25, 0.3) is 10.8 Å². The Labute approximate surface area is 188 Å². The first-order chi connectivity index (χ1) is 13.2. The van der Waals surface area contributed by atoms with E-state index in [0.717, 1.165) is 24.3 Å². The molecule has 1 atom stereocenters. The van der Waals surface area contributed by atoms with Crippen LogP contribution in [-0.4, -0.2) is 54.1 Å². The van der Waals surface area contributed by atoms with Crippen LogP contribution in [0.1, 0.15) is 0 Å². The molecule has 0 aliphatic carbocycles. The van der Waals surface area contributed by atoms with Gasteiger partial charge in [0.1, 0.15) is 12.0 Å². The number of rotatable bonds is 7. The van der Waals surface area contributed by atoms with Crippen LogP contribution in [0.4, 0.5) is 5.69 Å². The van der Waals surface area contributed by atoms with Crippen LogP contribution >= 0.6 is 7.60 Å². The van der Waals surface area contributed by atoms with E-state index in [4.69, 9.17) is 4.52 Å². The van der Waals surface area contributed by atoms with E-state index in [1.807, 2.05) is 0 Å². The van der Waals surface area contributed by atoms with Crippen LogP contribution in [-0.2, 0) is 14.6 Å². The normalized spacial score (nSPS) is 13.3. The number of nitrogens with one attached hydrogen (secondary N) is 1. The molecule has 0 saturated heterocycles. The molecule has 3 rings (SSSR count). The Hall–Kier alpha value is -1.78. The molecule has 29 heavy (non-hydrogen) atoms. The van der Waals surface area contributed by atoms with Gasteiger partial charge in [0.25, 0.3) is 5.69 Å². The number of non-ortho nitro benzene ring substituents is 1. The third-order valence-corrected chi connectivity index (χ3v) is 6.52. The molecule has 1 radical (unpaired) electrons. The maximum Gasteiger partial charge on any atom is 0.391 e.